The SMILES string of the molecule is CCC(C)OC(=O)C=C(CC(=O)O)Nc1ccc(NCl)cc1. The summed E-state index contributed by atoms with van der Waals surface area (Å²) in [6, 6.07) is 6.84. The van der Waals surface area contributed by atoms with Gasteiger partial charge in [0.2, 0.25) is 0 Å². The molecule has 0 spiro atoms. The minimum atomic E-state index is -1.05. The van der Waals surface area contributed by atoms with Crippen LogP contribution in [0.15, 0.2) is 36.0 Å². The second-order valence-corrected chi connectivity index (χ2v) is 4.88. The van der Waals surface area contributed by atoms with Crippen molar-refractivity contribution in [3.05, 3.63) is 36.0 Å². The molecule has 0 saturated carbocycles. The molecule has 6 nitrogen and oxygen atoms in total. The van der Waals surface area contributed by atoms with E-state index in [2.05, 4.69) is 10.2 Å². The van der Waals surface area contributed by atoms with Crippen LogP contribution in [0.2, 0.25) is 0 Å². The molecule has 3 N–H and O–H groups in total. The van der Waals surface area contributed by atoms with Crippen LogP contribution in [-0.4, -0.2) is 23.1 Å². The van der Waals surface area contributed by atoms with Crippen molar-refractivity contribution in [1.82, 2.24) is 0 Å². The van der Waals surface area contributed by atoms with Crippen LogP contribution in [0.4, 0.5) is 11.4 Å². The lowest BCUT2D eigenvalue weighted by molar-refractivity contribution is -0.142. The lowest BCUT2D eigenvalue weighted by atomic mass is 10.2. The molecule has 0 aromatic heterocycles. The molecule has 0 amide bonds. The number of anilines is 2. The second-order valence-electron chi connectivity index (χ2n) is 4.69. The normalized spacial score (nSPS) is 12.4. The number of aliphatic carboxylic acids is 1. The third-order valence-electron chi connectivity index (χ3n) is 2.82. The summed E-state index contributed by atoms with van der Waals surface area (Å²) in [5.41, 5.74) is 1.58. The summed E-state index contributed by atoms with van der Waals surface area (Å²) in [6.07, 6.45) is 1.32. The molecule has 0 aliphatic heterocycles. The number of carboxylic acids is 1. The van der Waals surface area contributed by atoms with Crippen LogP contribution in [0.5, 0.6) is 0 Å². The topological polar surface area (TPSA) is 87.7 Å². The van der Waals surface area contributed by atoms with Crippen LogP contribution in [0.3, 0.4) is 0 Å². The molecule has 22 heavy (non-hydrogen) atoms. The van der Waals surface area contributed by atoms with E-state index < -0.39 is 11.9 Å². The molecular weight excluding hydrogens is 308 g/mol. The first-order valence-electron chi connectivity index (χ1n) is 6.81. The van der Waals surface area contributed by atoms with Crippen molar-refractivity contribution in [2.24, 2.45) is 0 Å². The maximum absolute atomic E-state index is 11.7. The Morgan fingerprint density at radius 2 is 1.91 bits per heavy atom. The van der Waals surface area contributed by atoms with Crippen molar-refractivity contribution in [3.63, 3.8) is 0 Å². The Labute approximate surface area is 134 Å². The number of rotatable bonds is 8. The Morgan fingerprint density at radius 1 is 1.32 bits per heavy atom. The van der Waals surface area contributed by atoms with Gasteiger partial charge in [0.1, 0.15) is 0 Å². The van der Waals surface area contributed by atoms with Gasteiger partial charge in [-0.05, 0) is 37.6 Å². The van der Waals surface area contributed by atoms with Gasteiger partial charge in [0.05, 0.1) is 12.5 Å². The van der Waals surface area contributed by atoms with Crippen LogP contribution in [0.1, 0.15) is 26.7 Å². The lowest BCUT2D eigenvalue weighted by Gasteiger charge is -2.12. The maximum Gasteiger partial charge on any atom is 0.332 e. The van der Waals surface area contributed by atoms with E-state index in [4.69, 9.17) is 21.6 Å². The van der Waals surface area contributed by atoms with Crippen molar-refractivity contribution in [1.29, 1.82) is 0 Å². The fraction of sp³-hybridized carbons (Fsp3) is 0.333. The van der Waals surface area contributed by atoms with Crippen LogP contribution in [0.25, 0.3) is 0 Å². The van der Waals surface area contributed by atoms with E-state index in [9.17, 15) is 9.59 Å². The van der Waals surface area contributed by atoms with Gasteiger partial charge in [-0.3, -0.25) is 9.63 Å². The minimum absolute atomic E-state index is 0.219. The summed E-state index contributed by atoms with van der Waals surface area (Å²) in [4.78, 5) is 25.1. The molecule has 0 bridgehead atoms. The Hall–Kier alpha value is -2.21. The molecule has 120 valence electrons. The highest BCUT2D eigenvalue weighted by atomic mass is 35.5. The van der Waals surface area contributed by atoms with Gasteiger partial charge in [-0.1, -0.05) is 6.92 Å². The van der Waals surface area contributed by atoms with Crippen molar-refractivity contribution in [2.75, 3.05) is 10.2 Å². The predicted octanol–water partition coefficient (Wildman–Crippen LogP) is 3.36. The first-order valence-corrected chi connectivity index (χ1v) is 7.19. The van der Waals surface area contributed by atoms with Gasteiger partial charge in [0, 0.05) is 34.9 Å². The molecule has 1 rings (SSSR count). The van der Waals surface area contributed by atoms with E-state index in [1.807, 2.05) is 6.92 Å². The Kier molecular flexibility index (Phi) is 7.25. The van der Waals surface area contributed by atoms with E-state index >= 15 is 0 Å². The highest BCUT2D eigenvalue weighted by Crippen LogP contribution is 2.17. The van der Waals surface area contributed by atoms with Gasteiger partial charge in [0.15, 0.2) is 0 Å². The Balaban J connectivity index is 2.82. The number of hydrogen-bond acceptors (Lipinski definition) is 5. The third-order valence-corrected chi connectivity index (χ3v) is 3.04. The minimum Gasteiger partial charge on any atom is -0.481 e. The molecule has 0 heterocycles. The first kappa shape index (κ1) is 17.8. The summed E-state index contributed by atoms with van der Waals surface area (Å²) >= 11 is 5.46. The largest absolute Gasteiger partial charge is 0.481 e. The molecule has 1 aromatic rings. The van der Waals surface area contributed by atoms with E-state index in [-0.39, 0.29) is 18.2 Å². The number of hydrogen-bond donors (Lipinski definition) is 3. The van der Waals surface area contributed by atoms with Gasteiger partial charge in [0.25, 0.3) is 0 Å². The van der Waals surface area contributed by atoms with E-state index in [1.165, 1.54) is 0 Å². The Morgan fingerprint density at radius 3 is 2.41 bits per heavy atom. The molecule has 0 aliphatic rings. The first-order chi connectivity index (χ1) is 10.4. The summed E-state index contributed by atoms with van der Waals surface area (Å²) in [5.74, 6) is -1.62. The molecule has 0 radical (unpaired) electrons. The highest BCUT2D eigenvalue weighted by Gasteiger charge is 2.10. The van der Waals surface area contributed by atoms with Gasteiger partial charge < -0.3 is 15.2 Å². The lowest BCUT2D eigenvalue weighted by Crippen LogP contribution is -2.14. The van der Waals surface area contributed by atoms with Gasteiger partial charge >= 0.3 is 11.9 Å². The zero-order valence-electron chi connectivity index (χ0n) is 12.4. The smallest absolute Gasteiger partial charge is 0.332 e. The fourth-order valence-electron chi connectivity index (χ4n) is 1.55. The number of carboxylic acid groups (broad SMARTS) is 1. The van der Waals surface area contributed by atoms with Crippen LogP contribution in [-0.2, 0) is 14.3 Å². The van der Waals surface area contributed by atoms with Crippen molar-refractivity contribution in [3.8, 4) is 0 Å². The van der Waals surface area contributed by atoms with Crippen molar-refractivity contribution >= 4 is 35.1 Å². The maximum atomic E-state index is 11.7. The van der Waals surface area contributed by atoms with E-state index in [0.717, 1.165) is 6.08 Å². The quantitative estimate of drug-likeness (QED) is 0.386. The standard InChI is InChI=1S/C15H19ClN2O4/c1-3-10(2)22-15(21)9-13(8-14(19)20)17-11-4-6-12(18-16)7-5-11/h4-7,9-10,17-18H,3,8H2,1-2H3,(H,19,20). The van der Waals surface area contributed by atoms with Crippen molar-refractivity contribution in [2.45, 2.75) is 32.8 Å². The van der Waals surface area contributed by atoms with E-state index in [0.29, 0.717) is 17.8 Å². The molecule has 0 fully saturated rings. The second kappa shape index (κ2) is 8.94. The molecule has 1 aromatic carbocycles. The van der Waals surface area contributed by atoms with Crippen LogP contribution in [0, 0.1) is 0 Å². The molecule has 0 aliphatic carbocycles. The number of ether oxygens (including phenoxy) is 1. The molecule has 7 heteroatoms. The molecular formula is C15H19ClN2O4. The van der Waals surface area contributed by atoms with Gasteiger partial charge in [-0.15, -0.1) is 0 Å². The zero-order chi connectivity index (χ0) is 16.5. The van der Waals surface area contributed by atoms with Crippen LogP contribution < -0.4 is 10.2 Å². The molecule has 1 atom stereocenters. The molecule has 0 saturated heterocycles. The van der Waals surface area contributed by atoms with Crippen LogP contribution >= 0.6 is 11.8 Å². The Bertz CT molecular complexity index is 543. The molecule has 1 unspecified atom stereocenters. The average molecular weight is 327 g/mol. The van der Waals surface area contributed by atoms with Crippen molar-refractivity contribution < 1.29 is 19.4 Å². The number of carbonyl (C=O) groups is 2. The summed E-state index contributed by atoms with van der Waals surface area (Å²) in [5, 5.41) is 11.8. The number of carbonyl (C=O) groups excluding carboxylic acids is 1. The number of nitrogens with one attached hydrogen (secondary N) is 2. The highest BCUT2D eigenvalue weighted by molar-refractivity contribution is 6.23. The van der Waals surface area contributed by atoms with Gasteiger partial charge in [-0.25, -0.2) is 4.79 Å². The summed E-state index contributed by atoms with van der Waals surface area (Å²) in [6.45, 7) is 3.67. The number of esters is 1. The van der Waals surface area contributed by atoms with Gasteiger partial charge in [-0.2, -0.15) is 0 Å². The zero-order valence-corrected chi connectivity index (χ0v) is 13.2. The fourth-order valence-corrected chi connectivity index (χ4v) is 1.68. The average Bonchev–Trinajstić information content (AvgIpc) is 2.47. The monoisotopic (exact) mass is 326 g/mol. The summed E-state index contributed by atoms with van der Waals surface area (Å²) in [7, 11) is 0. The number of benzene rings is 1. The third kappa shape index (κ3) is 6.49. The predicted molar refractivity (Wildman–Crippen MR) is 85.7 cm³/mol. The number of halogens is 1. The summed E-state index contributed by atoms with van der Waals surface area (Å²) < 4.78 is 5.11. The van der Waals surface area contributed by atoms with E-state index in [1.54, 1.807) is 31.2 Å².